The van der Waals surface area contributed by atoms with Gasteiger partial charge in [-0.1, -0.05) is 24.4 Å². The van der Waals surface area contributed by atoms with Crippen molar-refractivity contribution in [1.29, 1.82) is 0 Å². The van der Waals surface area contributed by atoms with E-state index in [1.807, 2.05) is 6.07 Å². The van der Waals surface area contributed by atoms with Crippen molar-refractivity contribution >= 4 is 39.9 Å². The zero-order chi connectivity index (χ0) is 20.9. The Bertz CT molecular complexity index is 1260. The van der Waals surface area contributed by atoms with Crippen LogP contribution in [0.1, 0.15) is 32.1 Å². The minimum Gasteiger partial charge on any atom is -0.367 e. The van der Waals surface area contributed by atoms with Gasteiger partial charge in [0, 0.05) is 18.3 Å². The molecule has 0 amide bonds. The molecule has 1 unspecified atom stereocenters. The standard InChI is InChI=1S/C22H20ClFN6S/c23-17-10-26-22-20(29-17)13(9-25-22)21-28-15(16-5-6-18(24)31-16)8-19(30-21)27-14-7-11-1-3-12(14)4-2-11/h5-6,8-12,14H,1-4,7H2,(H,25,26)(H,27,28,30). The van der Waals surface area contributed by atoms with Gasteiger partial charge in [-0.25, -0.2) is 19.9 Å². The normalized spacial score (nSPS) is 22.8. The van der Waals surface area contributed by atoms with Crippen LogP contribution in [0.2, 0.25) is 5.15 Å². The lowest BCUT2D eigenvalue weighted by Crippen LogP contribution is -2.40. The minimum absolute atomic E-state index is 0.237. The van der Waals surface area contributed by atoms with Gasteiger partial charge in [-0.15, -0.1) is 11.3 Å². The van der Waals surface area contributed by atoms with Crippen molar-refractivity contribution in [2.24, 2.45) is 11.8 Å². The maximum atomic E-state index is 13.7. The highest BCUT2D eigenvalue weighted by atomic mass is 35.5. The van der Waals surface area contributed by atoms with Gasteiger partial charge >= 0.3 is 0 Å². The van der Waals surface area contributed by atoms with E-state index in [1.54, 1.807) is 12.3 Å². The molecule has 4 heterocycles. The van der Waals surface area contributed by atoms with Gasteiger partial charge in [-0.2, -0.15) is 4.39 Å². The maximum Gasteiger partial charge on any atom is 0.177 e. The second-order valence-corrected chi connectivity index (χ2v) is 9.85. The molecule has 9 heteroatoms. The fraction of sp³-hybridized carbons (Fsp3) is 0.364. The number of hydrogen-bond donors (Lipinski definition) is 2. The fourth-order valence-electron chi connectivity index (χ4n) is 5.00. The first-order valence-electron chi connectivity index (χ1n) is 10.5. The summed E-state index contributed by atoms with van der Waals surface area (Å²) in [4.78, 5) is 22.1. The number of rotatable bonds is 4. The fourth-order valence-corrected chi connectivity index (χ4v) is 5.83. The molecule has 4 aromatic heterocycles. The lowest BCUT2D eigenvalue weighted by atomic mass is 9.68. The molecule has 6 nitrogen and oxygen atoms in total. The summed E-state index contributed by atoms with van der Waals surface area (Å²) in [6.45, 7) is 0. The van der Waals surface area contributed by atoms with Crippen LogP contribution in [-0.2, 0) is 0 Å². The molecule has 3 aliphatic rings. The third-order valence-corrected chi connectivity index (χ3v) is 7.60. The average Bonchev–Trinajstić information content (AvgIpc) is 3.40. The number of hydrogen-bond acceptors (Lipinski definition) is 6. The molecule has 3 saturated carbocycles. The van der Waals surface area contributed by atoms with Crippen LogP contribution < -0.4 is 5.32 Å². The van der Waals surface area contributed by atoms with Gasteiger partial charge in [0.1, 0.15) is 16.5 Å². The van der Waals surface area contributed by atoms with Gasteiger partial charge in [-0.05, 0) is 43.2 Å². The Morgan fingerprint density at radius 1 is 1.13 bits per heavy atom. The summed E-state index contributed by atoms with van der Waals surface area (Å²) in [6.07, 6.45) is 9.71. The van der Waals surface area contributed by atoms with Crippen LogP contribution in [-0.4, -0.2) is 31.0 Å². The summed E-state index contributed by atoms with van der Waals surface area (Å²) < 4.78 is 13.7. The van der Waals surface area contributed by atoms with Gasteiger partial charge in [0.05, 0.1) is 22.3 Å². The Hall–Kier alpha value is -2.58. The molecule has 7 rings (SSSR count). The Balaban J connectivity index is 1.44. The molecule has 2 N–H and O–H groups in total. The largest absolute Gasteiger partial charge is 0.367 e. The van der Waals surface area contributed by atoms with Gasteiger partial charge in [0.25, 0.3) is 0 Å². The number of aromatic amines is 1. The number of nitrogens with zero attached hydrogens (tertiary/aromatic N) is 4. The first-order chi connectivity index (χ1) is 15.1. The molecule has 3 fully saturated rings. The molecular formula is C22H20ClFN6S. The Kier molecular flexibility index (Phi) is 4.65. The molecule has 2 bridgehead atoms. The number of H-pyrrole nitrogens is 1. The number of fused-ring (bicyclic) bond motifs is 4. The monoisotopic (exact) mass is 454 g/mol. The average molecular weight is 455 g/mol. The third-order valence-electron chi connectivity index (χ3n) is 6.53. The summed E-state index contributed by atoms with van der Waals surface area (Å²) >= 11 is 7.16. The summed E-state index contributed by atoms with van der Waals surface area (Å²) in [5.41, 5.74) is 2.64. The zero-order valence-electron chi connectivity index (χ0n) is 16.6. The molecule has 3 aliphatic carbocycles. The lowest BCUT2D eigenvalue weighted by Gasteiger charge is -2.42. The van der Waals surface area contributed by atoms with Crippen molar-refractivity contribution in [1.82, 2.24) is 24.9 Å². The van der Waals surface area contributed by atoms with Crippen LogP contribution in [0, 0.1) is 17.0 Å². The molecule has 0 saturated heterocycles. The van der Waals surface area contributed by atoms with Crippen molar-refractivity contribution in [2.75, 3.05) is 5.32 Å². The number of thiophene rings is 1. The Labute approximate surface area is 187 Å². The van der Waals surface area contributed by atoms with Crippen LogP contribution in [0.5, 0.6) is 0 Å². The highest BCUT2D eigenvalue weighted by molar-refractivity contribution is 7.13. The van der Waals surface area contributed by atoms with E-state index in [0.717, 1.165) is 33.5 Å². The first kappa shape index (κ1) is 19.1. The van der Waals surface area contributed by atoms with Crippen molar-refractivity contribution < 1.29 is 4.39 Å². The Morgan fingerprint density at radius 3 is 2.74 bits per heavy atom. The van der Waals surface area contributed by atoms with Crippen molar-refractivity contribution in [2.45, 2.75) is 38.1 Å². The molecule has 0 radical (unpaired) electrons. The molecule has 4 aromatic rings. The topological polar surface area (TPSA) is 79.4 Å². The molecule has 158 valence electrons. The van der Waals surface area contributed by atoms with Crippen molar-refractivity contribution in [3.8, 4) is 22.0 Å². The number of aromatic nitrogens is 5. The van der Waals surface area contributed by atoms with E-state index in [-0.39, 0.29) is 5.13 Å². The highest BCUT2D eigenvalue weighted by Crippen LogP contribution is 2.42. The third kappa shape index (κ3) is 3.57. The van der Waals surface area contributed by atoms with Crippen LogP contribution in [0.25, 0.3) is 33.1 Å². The van der Waals surface area contributed by atoms with E-state index in [1.165, 1.54) is 44.4 Å². The van der Waals surface area contributed by atoms with Gasteiger partial charge in [0.15, 0.2) is 16.6 Å². The number of anilines is 1. The van der Waals surface area contributed by atoms with E-state index in [9.17, 15) is 4.39 Å². The highest BCUT2D eigenvalue weighted by Gasteiger charge is 2.35. The number of nitrogens with one attached hydrogen (secondary N) is 2. The van der Waals surface area contributed by atoms with Crippen molar-refractivity contribution in [3.05, 3.63) is 40.9 Å². The first-order valence-corrected chi connectivity index (χ1v) is 11.7. The lowest BCUT2D eigenvalue weighted by molar-refractivity contribution is 0.157. The quantitative estimate of drug-likeness (QED) is 0.399. The SMILES string of the molecule is Fc1ccc(-c2cc(NC3CC4CCC3CC4)nc(-c3c[nH]c4ncc(Cl)nc34)n2)s1. The van der Waals surface area contributed by atoms with E-state index in [4.69, 9.17) is 21.6 Å². The van der Waals surface area contributed by atoms with Gasteiger partial charge in [0.2, 0.25) is 0 Å². The van der Waals surface area contributed by atoms with Gasteiger partial charge in [-0.3, -0.25) is 0 Å². The summed E-state index contributed by atoms with van der Waals surface area (Å²) in [6, 6.07) is 5.56. The molecule has 0 aromatic carbocycles. The molecule has 31 heavy (non-hydrogen) atoms. The van der Waals surface area contributed by atoms with E-state index < -0.39 is 0 Å². The van der Waals surface area contributed by atoms with E-state index >= 15 is 0 Å². The predicted molar refractivity (Wildman–Crippen MR) is 121 cm³/mol. The van der Waals surface area contributed by atoms with Crippen LogP contribution >= 0.6 is 22.9 Å². The predicted octanol–water partition coefficient (Wildman–Crippen LogP) is 5.93. The molecule has 0 spiro atoms. The van der Waals surface area contributed by atoms with Crippen LogP contribution in [0.3, 0.4) is 0 Å². The minimum atomic E-state index is -0.237. The second-order valence-electron chi connectivity index (χ2n) is 8.43. The number of halogens is 2. The summed E-state index contributed by atoms with van der Waals surface area (Å²) in [5, 5.41) is 3.75. The van der Waals surface area contributed by atoms with E-state index in [2.05, 4.69) is 20.3 Å². The second kappa shape index (κ2) is 7.53. The van der Waals surface area contributed by atoms with Gasteiger partial charge < -0.3 is 10.3 Å². The summed E-state index contributed by atoms with van der Waals surface area (Å²) in [5.74, 6) is 2.76. The molecular weight excluding hydrogens is 435 g/mol. The zero-order valence-corrected chi connectivity index (χ0v) is 18.2. The summed E-state index contributed by atoms with van der Waals surface area (Å²) in [7, 11) is 0. The van der Waals surface area contributed by atoms with Crippen molar-refractivity contribution in [3.63, 3.8) is 0 Å². The maximum absolute atomic E-state index is 13.7. The van der Waals surface area contributed by atoms with E-state index in [0.29, 0.717) is 39.8 Å². The molecule has 0 aliphatic heterocycles. The van der Waals surface area contributed by atoms with Crippen LogP contribution in [0.15, 0.2) is 30.6 Å². The smallest absolute Gasteiger partial charge is 0.177 e. The van der Waals surface area contributed by atoms with Crippen LogP contribution in [0.4, 0.5) is 10.2 Å². The Morgan fingerprint density at radius 2 is 2.00 bits per heavy atom. The molecule has 1 atom stereocenters.